The van der Waals surface area contributed by atoms with E-state index in [9.17, 15) is 0 Å². The van der Waals surface area contributed by atoms with Crippen LogP contribution in [0.5, 0.6) is 0 Å². The van der Waals surface area contributed by atoms with E-state index >= 15 is 0 Å². The van der Waals surface area contributed by atoms with Crippen molar-refractivity contribution < 1.29 is 15.3 Å². The molecule has 0 amide bonds. The summed E-state index contributed by atoms with van der Waals surface area (Å²) in [5.41, 5.74) is 1.95. The Morgan fingerprint density at radius 2 is 2.06 bits per heavy atom. The molecule has 2 aromatic heterocycles. The molecule has 0 unspecified atom stereocenters. The number of rotatable bonds is 5. The van der Waals surface area contributed by atoms with Crippen molar-refractivity contribution in [2.24, 2.45) is 0 Å². The van der Waals surface area contributed by atoms with Crippen molar-refractivity contribution >= 4 is 11.3 Å². The Morgan fingerprint density at radius 3 is 2.72 bits per heavy atom. The summed E-state index contributed by atoms with van der Waals surface area (Å²) in [4.78, 5) is 14.0. The van der Waals surface area contributed by atoms with Crippen LogP contribution in [0.15, 0.2) is 24.5 Å². The quantitative estimate of drug-likeness (QED) is 0.807. The van der Waals surface area contributed by atoms with Gasteiger partial charge in [-0.25, -0.2) is 4.98 Å². The second kappa shape index (κ2) is 5.98. The first-order chi connectivity index (χ1) is 8.66. The lowest BCUT2D eigenvalue weighted by atomic mass is 10.3. The summed E-state index contributed by atoms with van der Waals surface area (Å²) >= 11 is 1.56. The van der Waals surface area contributed by atoms with E-state index in [0.717, 1.165) is 21.1 Å². The van der Waals surface area contributed by atoms with Gasteiger partial charge in [0.1, 0.15) is 5.01 Å². The van der Waals surface area contributed by atoms with E-state index in [0.29, 0.717) is 6.42 Å². The van der Waals surface area contributed by atoms with Crippen LogP contribution in [-0.4, -0.2) is 32.4 Å². The fourth-order valence-electron chi connectivity index (χ4n) is 1.50. The van der Waals surface area contributed by atoms with Crippen molar-refractivity contribution in [2.75, 3.05) is 6.61 Å². The molecule has 0 aromatic carbocycles. The van der Waals surface area contributed by atoms with Crippen LogP contribution in [0.25, 0.3) is 10.6 Å². The fourth-order valence-corrected chi connectivity index (χ4v) is 2.55. The number of nitrogens with zero attached hydrogens (tertiary/aromatic N) is 3. The third kappa shape index (κ3) is 3.31. The summed E-state index contributed by atoms with van der Waals surface area (Å²) in [5, 5.41) is 17.5. The van der Waals surface area contributed by atoms with Crippen molar-refractivity contribution in [1.29, 1.82) is 0 Å². The number of aromatic nitrogens is 2. The average Bonchev–Trinajstić information content (AvgIpc) is 2.72. The van der Waals surface area contributed by atoms with Crippen molar-refractivity contribution in [1.82, 2.24) is 15.4 Å². The molecule has 2 rings (SSSR count). The topological polar surface area (TPSA) is 78.7 Å². The molecular weight excluding hydrogens is 254 g/mol. The first-order valence-corrected chi connectivity index (χ1v) is 6.16. The number of pyridine rings is 1. The van der Waals surface area contributed by atoms with E-state index in [2.05, 4.69) is 14.8 Å². The summed E-state index contributed by atoms with van der Waals surface area (Å²) in [6.07, 6.45) is 4.03. The third-order valence-electron chi connectivity index (χ3n) is 2.36. The Kier molecular flexibility index (Phi) is 4.34. The third-order valence-corrected chi connectivity index (χ3v) is 3.62. The standard InChI is InChI=1S/C11H13N3O3S/c1-8-10(4-7-17-14(15)16)18-11(13-8)9-2-5-12-6-3-9/h2-3,5-6,15-16H,4,7H2,1H3. The predicted molar refractivity (Wildman–Crippen MR) is 65.2 cm³/mol. The van der Waals surface area contributed by atoms with E-state index < -0.39 is 0 Å². The van der Waals surface area contributed by atoms with Crippen molar-refractivity contribution in [3.05, 3.63) is 35.1 Å². The maximum Gasteiger partial charge on any atom is 0.123 e. The minimum atomic E-state index is -0.278. The fraction of sp³-hybridized carbons (Fsp3) is 0.273. The largest absolute Gasteiger partial charge is 0.266 e. The van der Waals surface area contributed by atoms with Gasteiger partial charge in [0, 0.05) is 29.3 Å². The second-order valence-electron chi connectivity index (χ2n) is 3.60. The molecule has 0 aliphatic rings. The Hall–Kier alpha value is -1.38. The van der Waals surface area contributed by atoms with Crippen molar-refractivity contribution in [2.45, 2.75) is 13.3 Å². The minimum Gasteiger partial charge on any atom is -0.266 e. The van der Waals surface area contributed by atoms with Crippen LogP contribution >= 0.6 is 11.3 Å². The molecule has 2 heterocycles. The zero-order valence-corrected chi connectivity index (χ0v) is 10.6. The molecule has 0 saturated carbocycles. The van der Waals surface area contributed by atoms with Gasteiger partial charge < -0.3 is 0 Å². The first-order valence-electron chi connectivity index (χ1n) is 5.34. The summed E-state index contributed by atoms with van der Waals surface area (Å²) < 4.78 is 0. The highest BCUT2D eigenvalue weighted by Crippen LogP contribution is 2.27. The van der Waals surface area contributed by atoms with E-state index in [4.69, 9.17) is 10.4 Å². The molecule has 0 fully saturated rings. The highest BCUT2D eigenvalue weighted by Gasteiger charge is 2.09. The lowest BCUT2D eigenvalue weighted by molar-refractivity contribution is -0.492. The lowest BCUT2D eigenvalue weighted by Crippen LogP contribution is -2.16. The Morgan fingerprint density at radius 1 is 1.33 bits per heavy atom. The van der Waals surface area contributed by atoms with E-state index in [1.54, 1.807) is 23.7 Å². The smallest absolute Gasteiger partial charge is 0.123 e. The van der Waals surface area contributed by atoms with E-state index in [1.807, 2.05) is 19.1 Å². The minimum absolute atomic E-state index is 0.186. The van der Waals surface area contributed by atoms with Gasteiger partial charge in [-0.1, -0.05) is 0 Å². The summed E-state index contributed by atoms with van der Waals surface area (Å²) in [5.74, 6) is 0. The van der Waals surface area contributed by atoms with Gasteiger partial charge in [0.25, 0.3) is 0 Å². The van der Waals surface area contributed by atoms with Crippen LogP contribution < -0.4 is 0 Å². The maximum atomic E-state index is 8.43. The van der Waals surface area contributed by atoms with E-state index in [-0.39, 0.29) is 12.0 Å². The molecule has 96 valence electrons. The van der Waals surface area contributed by atoms with Crippen LogP contribution in [0.3, 0.4) is 0 Å². The van der Waals surface area contributed by atoms with Gasteiger partial charge in [-0.2, -0.15) is 0 Å². The van der Waals surface area contributed by atoms with Gasteiger partial charge in [-0.15, -0.1) is 11.3 Å². The number of aryl methyl sites for hydroxylation is 1. The van der Waals surface area contributed by atoms with Crippen LogP contribution in [0, 0.1) is 6.92 Å². The van der Waals surface area contributed by atoms with Crippen molar-refractivity contribution in [3.8, 4) is 10.6 Å². The Balaban J connectivity index is 2.08. The van der Waals surface area contributed by atoms with Gasteiger partial charge in [-0.05, 0) is 19.1 Å². The van der Waals surface area contributed by atoms with Gasteiger partial charge >= 0.3 is 0 Å². The molecule has 7 heteroatoms. The van der Waals surface area contributed by atoms with Crippen LogP contribution in [0.2, 0.25) is 0 Å². The molecule has 0 aliphatic heterocycles. The molecule has 18 heavy (non-hydrogen) atoms. The highest BCUT2D eigenvalue weighted by molar-refractivity contribution is 7.15. The number of hydrogen-bond donors (Lipinski definition) is 2. The Bertz CT molecular complexity index is 501. The zero-order valence-electron chi connectivity index (χ0n) is 9.78. The molecule has 0 radical (unpaired) electrons. The van der Waals surface area contributed by atoms with Gasteiger partial charge in [0.15, 0.2) is 0 Å². The molecule has 0 atom stereocenters. The second-order valence-corrected chi connectivity index (χ2v) is 4.68. The summed E-state index contributed by atoms with van der Waals surface area (Å²) in [7, 11) is 0. The van der Waals surface area contributed by atoms with Crippen LogP contribution in [0.4, 0.5) is 0 Å². The van der Waals surface area contributed by atoms with E-state index in [1.165, 1.54) is 0 Å². The zero-order chi connectivity index (χ0) is 13.0. The monoisotopic (exact) mass is 267 g/mol. The summed E-state index contributed by atoms with van der Waals surface area (Å²) in [6, 6.07) is 3.81. The summed E-state index contributed by atoms with van der Waals surface area (Å²) in [6.45, 7) is 2.11. The highest BCUT2D eigenvalue weighted by atomic mass is 32.1. The number of thiazole rings is 1. The number of hydrogen-bond acceptors (Lipinski definition) is 7. The SMILES string of the molecule is Cc1nc(-c2ccncc2)sc1CCON(O)O. The molecule has 2 N–H and O–H groups in total. The van der Waals surface area contributed by atoms with Gasteiger partial charge in [0.05, 0.1) is 17.7 Å². The molecular formula is C11H13N3O3S. The molecule has 0 saturated heterocycles. The molecule has 0 aliphatic carbocycles. The lowest BCUT2D eigenvalue weighted by Gasteiger charge is -2.04. The normalized spacial score (nSPS) is 11.1. The molecule has 0 bridgehead atoms. The maximum absolute atomic E-state index is 8.43. The van der Waals surface area contributed by atoms with Gasteiger partial charge in [-0.3, -0.25) is 20.2 Å². The Labute approximate surface area is 108 Å². The van der Waals surface area contributed by atoms with Gasteiger partial charge in [0.2, 0.25) is 0 Å². The predicted octanol–water partition coefficient (Wildman–Crippen LogP) is 2.07. The van der Waals surface area contributed by atoms with Crippen LogP contribution in [0.1, 0.15) is 10.6 Å². The van der Waals surface area contributed by atoms with Crippen LogP contribution in [-0.2, 0) is 11.3 Å². The molecule has 2 aromatic rings. The molecule has 6 nitrogen and oxygen atoms in total. The average molecular weight is 267 g/mol. The first kappa shape index (κ1) is 13.1. The van der Waals surface area contributed by atoms with Crippen molar-refractivity contribution in [3.63, 3.8) is 0 Å². The molecule has 0 spiro atoms.